The predicted octanol–water partition coefficient (Wildman–Crippen LogP) is 3.17. The lowest BCUT2D eigenvalue weighted by Crippen LogP contribution is -2.09. The maximum atomic E-state index is 10.5. The highest BCUT2D eigenvalue weighted by atomic mass is 35.5. The Morgan fingerprint density at radius 2 is 1.86 bits per heavy atom. The first-order valence-corrected chi connectivity index (χ1v) is 6.90. The molecule has 0 radical (unpaired) electrons. The number of hydrogen-bond acceptors (Lipinski definition) is 3. The largest absolute Gasteiger partial charge is 0.480 e. The standard InChI is InChI=1S/C16H16ClNO3/c17-14-9-12(6-7-15(14)21-10-16(19)20)5-4-11-2-1-3-13(18)8-11/h1-3,6-9H,4-5,10,18H2,(H,19,20). The second-order valence-electron chi connectivity index (χ2n) is 4.69. The Morgan fingerprint density at radius 1 is 1.14 bits per heavy atom. The molecule has 2 aromatic carbocycles. The van der Waals surface area contributed by atoms with Crippen LogP contribution in [0.4, 0.5) is 5.69 Å². The molecule has 0 spiro atoms. The van der Waals surface area contributed by atoms with E-state index in [1.54, 1.807) is 12.1 Å². The summed E-state index contributed by atoms with van der Waals surface area (Å²) in [5, 5.41) is 8.99. The van der Waals surface area contributed by atoms with Crippen LogP contribution in [0.1, 0.15) is 11.1 Å². The Kier molecular flexibility index (Phi) is 5.06. The van der Waals surface area contributed by atoms with Crippen LogP contribution in [0, 0.1) is 0 Å². The normalized spacial score (nSPS) is 10.3. The van der Waals surface area contributed by atoms with E-state index in [0.717, 1.165) is 29.7 Å². The van der Waals surface area contributed by atoms with Crippen molar-refractivity contribution >= 4 is 23.3 Å². The van der Waals surface area contributed by atoms with Crippen LogP contribution in [0.3, 0.4) is 0 Å². The van der Waals surface area contributed by atoms with E-state index in [9.17, 15) is 4.79 Å². The van der Waals surface area contributed by atoms with Crippen LogP contribution in [0.25, 0.3) is 0 Å². The molecule has 0 aliphatic rings. The molecule has 0 atom stereocenters. The highest BCUT2D eigenvalue weighted by Crippen LogP contribution is 2.26. The first kappa shape index (κ1) is 15.2. The molecule has 4 nitrogen and oxygen atoms in total. The molecule has 2 rings (SSSR count). The lowest BCUT2D eigenvalue weighted by atomic mass is 10.0. The first-order chi connectivity index (χ1) is 10.0. The van der Waals surface area contributed by atoms with E-state index in [2.05, 4.69) is 0 Å². The highest BCUT2D eigenvalue weighted by Gasteiger charge is 2.06. The quantitative estimate of drug-likeness (QED) is 0.804. The van der Waals surface area contributed by atoms with E-state index in [1.807, 2.05) is 30.3 Å². The van der Waals surface area contributed by atoms with Gasteiger partial charge in [-0.3, -0.25) is 0 Å². The number of nitrogen functional groups attached to an aromatic ring is 1. The molecular formula is C16H16ClNO3. The number of rotatable bonds is 6. The lowest BCUT2D eigenvalue weighted by Gasteiger charge is -2.08. The van der Waals surface area contributed by atoms with E-state index < -0.39 is 12.6 Å². The third-order valence-electron chi connectivity index (χ3n) is 3.00. The van der Waals surface area contributed by atoms with Crippen molar-refractivity contribution in [2.75, 3.05) is 12.3 Å². The molecule has 0 aliphatic carbocycles. The van der Waals surface area contributed by atoms with E-state index in [1.165, 1.54) is 0 Å². The summed E-state index contributed by atoms with van der Waals surface area (Å²) in [5.74, 6) is -0.649. The van der Waals surface area contributed by atoms with Crippen LogP contribution in [-0.4, -0.2) is 17.7 Å². The topological polar surface area (TPSA) is 72.5 Å². The molecule has 0 saturated carbocycles. The molecule has 110 valence electrons. The lowest BCUT2D eigenvalue weighted by molar-refractivity contribution is -0.139. The van der Waals surface area contributed by atoms with Crippen molar-refractivity contribution in [3.05, 3.63) is 58.6 Å². The summed E-state index contributed by atoms with van der Waals surface area (Å²) in [7, 11) is 0. The Labute approximate surface area is 128 Å². The number of aryl methyl sites for hydroxylation is 2. The number of aliphatic carboxylic acids is 1. The van der Waals surface area contributed by atoms with Gasteiger partial charge >= 0.3 is 5.97 Å². The summed E-state index contributed by atoms with van der Waals surface area (Å²) in [5.41, 5.74) is 8.72. The fourth-order valence-electron chi connectivity index (χ4n) is 1.99. The van der Waals surface area contributed by atoms with Gasteiger partial charge < -0.3 is 15.6 Å². The van der Waals surface area contributed by atoms with Crippen LogP contribution in [0.2, 0.25) is 5.02 Å². The van der Waals surface area contributed by atoms with Gasteiger partial charge in [0, 0.05) is 5.69 Å². The van der Waals surface area contributed by atoms with Gasteiger partial charge in [-0.1, -0.05) is 29.8 Å². The Hall–Kier alpha value is -2.20. The Morgan fingerprint density at radius 3 is 2.48 bits per heavy atom. The molecule has 0 aromatic heterocycles. The second-order valence-corrected chi connectivity index (χ2v) is 5.10. The van der Waals surface area contributed by atoms with Crippen molar-refractivity contribution in [2.24, 2.45) is 0 Å². The van der Waals surface area contributed by atoms with E-state index >= 15 is 0 Å². The molecule has 0 fully saturated rings. The van der Waals surface area contributed by atoms with Gasteiger partial charge in [-0.2, -0.15) is 0 Å². The van der Waals surface area contributed by atoms with Crippen molar-refractivity contribution in [1.82, 2.24) is 0 Å². The zero-order chi connectivity index (χ0) is 15.2. The Balaban J connectivity index is 1.98. The minimum atomic E-state index is -1.03. The highest BCUT2D eigenvalue weighted by molar-refractivity contribution is 6.32. The van der Waals surface area contributed by atoms with Crippen LogP contribution in [0.5, 0.6) is 5.75 Å². The van der Waals surface area contributed by atoms with Gasteiger partial charge in [0.05, 0.1) is 5.02 Å². The summed E-state index contributed by atoms with van der Waals surface area (Å²) < 4.78 is 5.08. The fraction of sp³-hybridized carbons (Fsp3) is 0.188. The van der Waals surface area contributed by atoms with Crippen molar-refractivity contribution in [1.29, 1.82) is 0 Å². The summed E-state index contributed by atoms with van der Waals surface area (Å²) in [6.07, 6.45) is 1.68. The molecule has 5 heteroatoms. The number of ether oxygens (including phenoxy) is 1. The number of nitrogens with two attached hydrogens (primary N) is 1. The Bertz CT molecular complexity index is 643. The number of benzene rings is 2. The molecule has 0 saturated heterocycles. The monoisotopic (exact) mass is 305 g/mol. The zero-order valence-electron chi connectivity index (χ0n) is 11.4. The SMILES string of the molecule is Nc1cccc(CCc2ccc(OCC(=O)O)c(Cl)c2)c1. The molecule has 2 aromatic rings. The van der Waals surface area contributed by atoms with Crippen LogP contribution >= 0.6 is 11.6 Å². The van der Waals surface area contributed by atoms with Gasteiger partial charge in [0.1, 0.15) is 5.75 Å². The number of carboxylic acid groups (broad SMARTS) is 1. The van der Waals surface area contributed by atoms with Crippen LogP contribution in [0.15, 0.2) is 42.5 Å². The minimum absolute atomic E-state index is 0.381. The van der Waals surface area contributed by atoms with Gasteiger partial charge in [0.15, 0.2) is 6.61 Å². The molecular weight excluding hydrogens is 290 g/mol. The van der Waals surface area contributed by atoms with E-state index in [-0.39, 0.29) is 0 Å². The predicted molar refractivity (Wildman–Crippen MR) is 82.8 cm³/mol. The number of hydrogen-bond donors (Lipinski definition) is 2. The van der Waals surface area contributed by atoms with Gasteiger partial charge in [0.25, 0.3) is 0 Å². The van der Waals surface area contributed by atoms with Gasteiger partial charge in [-0.05, 0) is 48.2 Å². The average molecular weight is 306 g/mol. The van der Waals surface area contributed by atoms with Crippen molar-refractivity contribution in [2.45, 2.75) is 12.8 Å². The third-order valence-corrected chi connectivity index (χ3v) is 3.30. The summed E-state index contributed by atoms with van der Waals surface area (Å²) in [6.45, 7) is -0.400. The number of halogens is 1. The molecule has 0 aliphatic heterocycles. The average Bonchev–Trinajstić information content (AvgIpc) is 2.44. The molecule has 0 amide bonds. The minimum Gasteiger partial charge on any atom is -0.480 e. The third kappa shape index (κ3) is 4.68. The maximum absolute atomic E-state index is 10.5. The van der Waals surface area contributed by atoms with E-state index in [0.29, 0.717) is 10.8 Å². The summed E-state index contributed by atoms with van der Waals surface area (Å²) in [4.78, 5) is 10.5. The number of carboxylic acids is 1. The first-order valence-electron chi connectivity index (χ1n) is 6.52. The molecule has 3 N–H and O–H groups in total. The van der Waals surface area contributed by atoms with Crippen molar-refractivity contribution < 1.29 is 14.6 Å². The van der Waals surface area contributed by atoms with Gasteiger partial charge in [-0.25, -0.2) is 4.79 Å². The molecule has 21 heavy (non-hydrogen) atoms. The maximum Gasteiger partial charge on any atom is 0.341 e. The number of carbonyl (C=O) groups is 1. The second kappa shape index (κ2) is 6.99. The van der Waals surface area contributed by atoms with Gasteiger partial charge in [-0.15, -0.1) is 0 Å². The van der Waals surface area contributed by atoms with Crippen LogP contribution < -0.4 is 10.5 Å². The van der Waals surface area contributed by atoms with Crippen molar-refractivity contribution in [3.63, 3.8) is 0 Å². The molecule has 0 unspecified atom stereocenters. The smallest absolute Gasteiger partial charge is 0.341 e. The van der Waals surface area contributed by atoms with Crippen LogP contribution in [-0.2, 0) is 17.6 Å². The fourth-order valence-corrected chi connectivity index (χ4v) is 2.25. The molecule has 0 bridgehead atoms. The summed E-state index contributed by atoms with van der Waals surface area (Å²) >= 11 is 6.08. The van der Waals surface area contributed by atoms with E-state index in [4.69, 9.17) is 27.2 Å². The number of anilines is 1. The van der Waals surface area contributed by atoms with Gasteiger partial charge in [0.2, 0.25) is 0 Å². The summed E-state index contributed by atoms with van der Waals surface area (Å²) in [6, 6.07) is 13.1. The van der Waals surface area contributed by atoms with Crippen molar-refractivity contribution in [3.8, 4) is 5.75 Å². The molecule has 0 heterocycles. The zero-order valence-corrected chi connectivity index (χ0v) is 12.1.